The van der Waals surface area contributed by atoms with Gasteiger partial charge in [0, 0.05) is 24.1 Å². The third-order valence-corrected chi connectivity index (χ3v) is 8.41. The number of cyclic esters (lactones) is 1. The number of imidazole rings is 1. The Labute approximate surface area is 237 Å². The number of nitrogen functional groups attached to an aromatic ring is 1. The summed E-state index contributed by atoms with van der Waals surface area (Å²) in [6, 6.07) is 0. The SMILES string of the molecule is COc1c(C)c2c(c(O)c1CCOP(=O)(O)CC(=O)NC[C@@H]1O[C@H](n3cnc4c(N)ncnc43)[C@@H](O)[C@H]1O)C(=O)OC2. The molecule has 1 aromatic carbocycles. The molecule has 0 spiro atoms. The first-order chi connectivity index (χ1) is 19.9. The maximum Gasteiger partial charge on any atom is 0.342 e. The number of benzene rings is 1. The van der Waals surface area contributed by atoms with Crippen molar-refractivity contribution in [3.8, 4) is 11.5 Å². The summed E-state index contributed by atoms with van der Waals surface area (Å²) in [6.07, 6.45) is -3.50. The molecule has 4 heterocycles. The van der Waals surface area contributed by atoms with Gasteiger partial charge in [-0.2, -0.15) is 0 Å². The van der Waals surface area contributed by atoms with Gasteiger partial charge >= 0.3 is 13.6 Å². The first-order valence-electron chi connectivity index (χ1n) is 12.7. The van der Waals surface area contributed by atoms with Crippen LogP contribution in [0.15, 0.2) is 12.7 Å². The number of anilines is 1. The standard InChI is InChI=1S/C24H29N6O11P/c1-10-12-6-39-24(35)15(12)17(32)11(20(10)38-2)3-4-40-42(36,37)7-14(31)26-5-13-18(33)19(34)23(41-13)30-9-29-16-21(25)27-8-28-22(16)30/h8-9,13,18-19,23,32-34H,3-7H2,1-2H3,(H,26,31)(H,36,37)(H2,25,27,28)/t13-,18-,19-,23-/m0/s1. The van der Waals surface area contributed by atoms with Gasteiger partial charge in [0.15, 0.2) is 17.7 Å². The Morgan fingerprint density at radius 3 is 2.79 bits per heavy atom. The number of aliphatic hydroxyl groups excluding tert-OH is 2. The molecule has 0 bridgehead atoms. The molecule has 2 aromatic heterocycles. The van der Waals surface area contributed by atoms with Crippen molar-refractivity contribution >= 4 is 36.5 Å². The van der Waals surface area contributed by atoms with E-state index in [-0.39, 0.29) is 65.8 Å². The van der Waals surface area contributed by atoms with Crippen molar-refractivity contribution in [1.29, 1.82) is 0 Å². The number of nitrogens with one attached hydrogen (secondary N) is 1. The molecule has 2 aliphatic heterocycles. The third-order valence-electron chi connectivity index (χ3n) is 7.13. The van der Waals surface area contributed by atoms with E-state index in [0.717, 1.165) is 0 Å². The lowest BCUT2D eigenvalue weighted by molar-refractivity contribution is -0.120. The number of methoxy groups -OCH3 is 1. The molecule has 1 amide bonds. The van der Waals surface area contributed by atoms with E-state index in [9.17, 15) is 34.4 Å². The van der Waals surface area contributed by atoms with E-state index < -0.39 is 50.2 Å². The second kappa shape index (κ2) is 11.4. The number of hydrogen-bond donors (Lipinski definition) is 6. The Morgan fingerprint density at radius 1 is 1.29 bits per heavy atom. The van der Waals surface area contributed by atoms with E-state index >= 15 is 0 Å². The van der Waals surface area contributed by atoms with Gasteiger partial charge in [-0.15, -0.1) is 0 Å². The second-order valence-electron chi connectivity index (χ2n) is 9.73. The molecular formula is C24H29N6O11P. The number of carbonyl (C=O) groups is 2. The first kappa shape index (κ1) is 29.6. The highest BCUT2D eigenvalue weighted by Crippen LogP contribution is 2.44. The first-order valence-corrected chi connectivity index (χ1v) is 14.5. The minimum Gasteiger partial charge on any atom is -0.507 e. The molecule has 1 unspecified atom stereocenters. The zero-order valence-electron chi connectivity index (χ0n) is 22.5. The fraction of sp³-hybridized carbons (Fsp3) is 0.458. The number of phenols is 1. The molecule has 7 N–H and O–H groups in total. The number of fused-ring (bicyclic) bond motifs is 2. The number of carbonyl (C=O) groups excluding carboxylic acids is 2. The molecule has 0 saturated carbocycles. The molecule has 226 valence electrons. The van der Waals surface area contributed by atoms with Crippen LogP contribution in [0.25, 0.3) is 11.2 Å². The van der Waals surface area contributed by atoms with Gasteiger partial charge in [0.05, 0.1) is 20.0 Å². The predicted molar refractivity (Wildman–Crippen MR) is 142 cm³/mol. The van der Waals surface area contributed by atoms with Crippen LogP contribution in [0, 0.1) is 6.92 Å². The summed E-state index contributed by atoms with van der Waals surface area (Å²) in [7, 11) is -3.07. The fourth-order valence-corrected chi connectivity index (χ4v) is 5.98. The highest BCUT2D eigenvalue weighted by molar-refractivity contribution is 7.53. The quantitative estimate of drug-likeness (QED) is 0.123. The van der Waals surface area contributed by atoms with Gasteiger partial charge in [0.25, 0.3) is 0 Å². The van der Waals surface area contributed by atoms with E-state index in [1.165, 1.54) is 24.3 Å². The van der Waals surface area contributed by atoms with Crippen LogP contribution in [0.5, 0.6) is 11.5 Å². The van der Waals surface area contributed by atoms with Gasteiger partial charge in [-0.05, 0) is 12.5 Å². The minimum atomic E-state index is -4.45. The molecule has 5 atom stereocenters. The van der Waals surface area contributed by atoms with Crippen molar-refractivity contribution in [2.45, 2.75) is 44.5 Å². The zero-order valence-corrected chi connectivity index (χ0v) is 23.4. The van der Waals surface area contributed by atoms with Gasteiger partial charge in [0.2, 0.25) is 5.91 Å². The van der Waals surface area contributed by atoms with Crippen molar-refractivity contribution in [3.63, 3.8) is 0 Å². The summed E-state index contributed by atoms with van der Waals surface area (Å²) in [5.41, 5.74) is 7.61. The van der Waals surface area contributed by atoms with E-state index in [0.29, 0.717) is 11.1 Å². The van der Waals surface area contributed by atoms with Gasteiger partial charge in [-0.25, -0.2) is 19.7 Å². The number of aromatic nitrogens is 4. The molecule has 42 heavy (non-hydrogen) atoms. The lowest BCUT2D eigenvalue weighted by Crippen LogP contribution is -2.40. The van der Waals surface area contributed by atoms with Crippen LogP contribution in [0.1, 0.15) is 33.3 Å². The van der Waals surface area contributed by atoms with Gasteiger partial charge in [-0.1, -0.05) is 0 Å². The molecule has 17 nitrogen and oxygen atoms in total. The normalized spacial score (nSPS) is 23.0. The number of aliphatic hydroxyl groups is 2. The van der Waals surface area contributed by atoms with Crippen molar-refractivity contribution in [1.82, 2.24) is 24.8 Å². The van der Waals surface area contributed by atoms with E-state index in [1.807, 2.05) is 0 Å². The topological polar surface area (TPSA) is 251 Å². The van der Waals surface area contributed by atoms with Crippen molar-refractivity contribution < 1.29 is 53.1 Å². The summed E-state index contributed by atoms with van der Waals surface area (Å²) < 4.78 is 35.1. The Balaban J connectivity index is 1.16. The molecule has 1 saturated heterocycles. The summed E-state index contributed by atoms with van der Waals surface area (Å²) in [4.78, 5) is 46.7. The lowest BCUT2D eigenvalue weighted by atomic mass is 9.95. The van der Waals surface area contributed by atoms with Crippen LogP contribution < -0.4 is 15.8 Å². The highest BCUT2D eigenvalue weighted by Gasteiger charge is 2.44. The summed E-state index contributed by atoms with van der Waals surface area (Å²) in [5.74, 6) is -1.52. The van der Waals surface area contributed by atoms with Crippen LogP contribution in [-0.2, 0) is 36.4 Å². The molecule has 18 heteroatoms. The summed E-state index contributed by atoms with van der Waals surface area (Å²) in [5, 5.41) is 34.1. The maximum absolute atomic E-state index is 12.6. The van der Waals surface area contributed by atoms with Crippen LogP contribution in [0.2, 0.25) is 0 Å². The molecular weight excluding hydrogens is 579 g/mol. The van der Waals surface area contributed by atoms with E-state index in [2.05, 4.69) is 20.3 Å². The van der Waals surface area contributed by atoms with Crippen LogP contribution >= 0.6 is 7.60 Å². The van der Waals surface area contributed by atoms with Crippen LogP contribution in [0.4, 0.5) is 5.82 Å². The maximum atomic E-state index is 12.6. The van der Waals surface area contributed by atoms with E-state index in [1.54, 1.807) is 6.92 Å². The average Bonchev–Trinajstić information content (AvgIpc) is 3.62. The number of rotatable bonds is 10. The number of ether oxygens (including phenoxy) is 3. The predicted octanol–water partition coefficient (Wildman–Crippen LogP) is -0.718. The number of nitrogens with zero attached hydrogens (tertiary/aromatic N) is 4. The number of esters is 1. The number of amides is 1. The highest BCUT2D eigenvalue weighted by atomic mass is 31.2. The Hall–Kier alpha value is -3.86. The Kier molecular flexibility index (Phi) is 8.06. The van der Waals surface area contributed by atoms with Crippen LogP contribution in [0.3, 0.4) is 0 Å². The summed E-state index contributed by atoms with van der Waals surface area (Å²) in [6.45, 7) is 1.00. The lowest BCUT2D eigenvalue weighted by Gasteiger charge is -2.18. The molecule has 3 aromatic rings. The van der Waals surface area contributed by atoms with Gasteiger partial charge < -0.3 is 50.0 Å². The van der Waals surface area contributed by atoms with Crippen LogP contribution in [-0.4, -0.2) is 96.3 Å². The molecule has 0 radical (unpaired) electrons. The Morgan fingerprint density at radius 2 is 2.05 bits per heavy atom. The average molecular weight is 609 g/mol. The molecule has 2 aliphatic rings. The largest absolute Gasteiger partial charge is 0.507 e. The zero-order chi connectivity index (χ0) is 30.3. The molecule has 5 rings (SSSR count). The summed E-state index contributed by atoms with van der Waals surface area (Å²) >= 11 is 0. The van der Waals surface area contributed by atoms with Crippen molar-refractivity contribution in [2.24, 2.45) is 0 Å². The number of phenolic OH excluding ortho intramolecular Hbond substituents is 1. The number of hydrogen-bond acceptors (Lipinski definition) is 14. The molecule has 1 fully saturated rings. The monoisotopic (exact) mass is 608 g/mol. The molecule has 0 aliphatic carbocycles. The fourth-order valence-electron chi connectivity index (χ4n) is 5.04. The smallest absolute Gasteiger partial charge is 0.342 e. The van der Waals surface area contributed by atoms with Crippen molar-refractivity contribution in [2.75, 3.05) is 32.2 Å². The minimum absolute atomic E-state index is 0.00525. The van der Waals surface area contributed by atoms with Gasteiger partial charge in [0.1, 0.15) is 60.0 Å². The second-order valence-corrected chi connectivity index (χ2v) is 11.6. The third kappa shape index (κ3) is 5.37. The van der Waals surface area contributed by atoms with E-state index in [4.69, 9.17) is 24.5 Å². The number of nitrogens with two attached hydrogens (primary N) is 1. The van der Waals surface area contributed by atoms with Gasteiger partial charge in [-0.3, -0.25) is 13.9 Å². The number of aromatic hydroxyl groups is 1. The Bertz CT molecular complexity index is 1600. The van der Waals surface area contributed by atoms with Crippen molar-refractivity contribution in [3.05, 3.63) is 34.9 Å².